The maximum atomic E-state index is 12.7. The van der Waals surface area contributed by atoms with Gasteiger partial charge in [-0.2, -0.15) is 0 Å². The van der Waals surface area contributed by atoms with Crippen LogP contribution in [0.15, 0.2) is 54.6 Å². The summed E-state index contributed by atoms with van der Waals surface area (Å²) in [5, 5.41) is 2.74. The number of carbonyl (C=O) groups excluding carboxylic acids is 4. The number of imide groups is 1. The fourth-order valence-corrected chi connectivity index (χ4v) is 3.27. The second-order valence-corrected chi connectivity index (χ2v) is 7.04. The number of hydrogen-bond donors (Lipinski definition) is 1. The van der Waals surface area contributed by atoms with Crippen molar-refractivity contribution in [1.29, 1.82) is 0 Å². The topological polar surface area (TPSA) is 92.8 Å². The second kappa shape index (κ2) is 9.82. The average molecular weight is 408 g/mol. The van der Waals surface area contributed by atoms with Gasteiger partial charge in [0.2, 0.25) is 11.8 Å². The highest BCUT2D eigenvalue weighted by molar-refractivity contribution is 6.02. The number of amides is 3. The number of nitrogens with zero attached hydrogens (tertiary/aromatic N) is 1. The summed E-state index contributed by atoms with van der Waals surface area (Å²) in [4.78, 5) is 49.7. The van der Waals surface area contributed by atoms with Gasteiger partial charge in [0.1, 0.15) is 6.04 Å². The van der Waals surface area contributed by atoms with E-state index in [1.165, 1.54) is 4.90 Å². The maximum absolute atomic E-state index is 12.7. The predicted octanol–water partition coefficient (Wildman–Crippen LogP) is 2.24. The molecular formula is C23H24N2O5. The van der Waals surface area contributed by atoms with E-state index in [1.807, 2.05) is 30.3 Å². The third kappa shape index (κ3) is 5.31. The van der Waals surface area contributed by atoms with Crippen molar-refractivity contribution in [3.05, 3.63) is 71.3 Å². The van der Waals surface area contributed by atoms with Gasteiger partial charge in [-0.15, -0.1) is 0 Å². The summed E-state index contributed by atoms with van der Waals surface area (Å²) in [6.07, 6.45) is 0.814. The van der Waals surface area contributed by atoms with Crippen molar-refractivity contribution in [3.8, 4) is 0 Å². The molecule has 0 spiro atoms. The van der Waals surface area contributed by atoms with Gasteiger partial charge in [-0.3, -0.25) is 19.3 Å². The molecule has 2 aromatic carbocycles. The van der Waals surface area contributed by atoms with Crippen LogP contribution in [0.3, 0.4) is 0 Å². The molecule has 2 aromatic rings. The number of carbonyl (C=O) groups is 4. The molecule has 1 fully saturated rings. The van der Waals surface area contributed by atoms with Crippen LogP contribution in [0.25, 0.3) is 0 Å². The first kappa shape index (κ1) is 21.2. The fourth-order valence-electron chi connectivity index (χ4n) is 3.27. The van der Waals surface area contributed by atoms with Crippen molar-refractivity contribution in [2.45, 2.75) is 38.8 Å². The second-order valence-electron chi connectivity index (χ2n) is 7.04. The van der Waals surface area contributed by atoms with Crippen LogP contribution < -0.4 is 5.32 Å². The minimum absolute atomic E-state index is 0.181. The average Bonchev–Trinajstić information content (AvgIpc) is 3.06. The molecular weight excluding hydrogens is 384 g/mol. The Hall–Kier alpha value is -3.48. The Labute approximate surface area is 175 Å². The fraction of sp³-hybridized carbons (Fsp3) is 0.304. The molecule has 7 nitrogen and oxygen atoms in total. The lowest BCUT2D eigenvalue weighted by molar-refractivity contribution is -0.145. The maximum Gasteiger partial charge on any atom is 0.328 e. The summed E-state index contributed by atoms with van der Waals surface area (Å²) in [7, 11) is 0. The molecule has 1 N–H and O–H groups in total. The molecule has 1 atom stereocenters. The van der Waals surface area contributed by atoms with Gasteiger partial charge >= 0.3 is 5.97 Å². The highest BCUT2D eigenvalue weighted by Crippen LogP contribution is 2.16. The van der Waals surface area contributed by atoms with Crippen LogP contribution in [0, 0.1) is 0 Å². The first-order valence-corrected chi connectivity index (χ1v) is 9.91. The zero-order valence-electron chi connectivity index (χ0n) is 16.8. The van der Waals surface area contributed by atoms with Gasteiger partial charge in [-0.1, -0.05) is 42.5 Å². The standard InChI is InChI=1S/C23H24N2O5/c1-2-30-23(29)19(14-16-6-4-3-5-7-16)24-22(28)18-10-8-17(9-11-18)15-25-20(26)12-13-21(25)27/h3-11,19H,2,12-15H2,1H3,(H,24,28). The molecule has 0 aromatic heterocycles. The van der Waals surface area contributed by atoms with Crippen LogP contribution in [0.2, 0.25) is 0 Å². The van der Waals surface area contributed by atoms with Crippen molar-refractivity contribution >= 4 is 23.7 Å². The van der Waals surface area contributed by atoms with Gasteiger partial charge in [-0.25, -0.2) is 4.79 Å². The molecule has 1 aliphatic heterocycles. The zero-order chi connectivity index (χ0) is 21.5. The minimum Gasteiger partial charge on any atom is -0.464 e. The quantitative estimate of drug-likeness (QED) is 0.534. The minimum atomic E-state index is -0.806. The van der Waals surface area contributed by atoms with Crippen molar-refractivity contribution in [1.82, 2.24) is 10.2 Å². The first-order valence-electron chi connectivity index (χ1n) is 9.91. The van der Waals surface area contributed by atoms with Gasteiger partial charge in [-0.05, 0) is 30.2 Å². The predicted molar refractivity (Wildman–Crippen MR) is 109 cm³/mol. The van der Waals surface area contributed by atoms with Gasteiger partial charge < -0.3 is 10.1 Å². The van der Waals surface area contributed by atoms with E-state index >= 15 is 0 Å². The summed E-state index contributed by atoms with van der Waals surface area (Å²) >= 11 is 0. The third-order valence-electron chi connectivity index (χ3n) is 4.87. The van der Waals surface area contributed by atoms with Crippen LogP contribution in [0.5, 0.6) is 0 Å². The summed E-state index contributed by atoms with van der Waals surface area (Å²) < 4.78 is 5.10. The van der Waals surface area contributed by atoms with Gasteiger partial charge in [0.05, 0.1) is 13.2 Å². The van der Waals surface area contributed by atoms with E-state index in [4.69, 9.17) is 4.74 Å². The smallest absolute Gasteiger partial charge is 0.328 e. The van der Waals surface area contributed by atoms with E-state index in [0.717, 1.165) is 11.1 Å². The number of hydrogen-bond acceptors (Lipinski definition) is 5. The Morgan fingerprint density at radius 3 is 2.20 bits per heavy atom. The van der Waals surface area contributed by atoms with E-state index in [-0.39, 0.29) is 37.8 Å². The summed E-state index contributed by atoms with van der Waals surface area (Å²) in [5.41, 5.74) is 2.03. The lowest BCUT2D eigenvalue weighted by Gasteiger charge is -2.18. The number of likely N-dealkylation sites (tertiary alicyclic amines) is 1. The van der Waals surface area contributed by atoms with E-state index in [1.54, 1.807) is 31.2 Å². The Kier molecular flexibility index (Phi) is 6.95. The zero-order valence-corrected chi connectivity index (χ0v) is 16.8. The highest BCUT2D eigenvalue weighted by atomic mass is 16.5. The number of ether oxygens (including phenoxy) is 1. The Morgan fingerprint density at radius 2 is 1.60 bits per heavy atom. The molecule has 7 heteroatoms. The van der Waals surface area contributed by atoms with Crippen LogP contribution in [0.1, 0.15) is 41.3 Å². The van der Waals surface area contributed by atoms with Gasteiger partial charge in [0.25, 0.3) is 5.91 Å². The molecule has 1 heterocycles. The van der Waals surface area contributed by atoms with Gasteiger partial charge in [0, 0.05) is 24.8 Å². The Bertz CT molecular complexity index is 908. The molecule has 0 radical (unpaired) electrons. The lowest BCUT2D eigenvalue weighted by Crippen LogP contribution is -2.43. The Morgan fingerprint density at radius 1 is 0.967 bits per heavy atom. The largest absolute Gasteiger partial charge is 0.464 e. The molecule has 0 bridgehead atoms. The molecule has 3 amide bonds. The van der Waals surface area contributed by atoms with Crippen molar-refractivity contribution < 1.29 is 23.9 Å². The molecule has 30 heavy (non-hydrogen) atoms. The summed E-state index contributed by atoms with van der Waals surface area (Å²) in [5.74, 6) is -1.25. The normalized spacial score (nSPS) is 14.5. The molecule has 0 aliphatic carbocycles. The van der Waals surface area contributed by atoms with Gasteiger partial charge in [0.15, 0.2) is 0 Å². The highest BCUT2D eigenvalue weighted by Gasteiger charge is 2.28. The number of benzene rings is 2. The molecule has 1 saturated heterocycles. The SMILES string of the molecule is CCOC(=O)C(Cc1ccccc1)NC(=O)c1ccc(CN2C(=O)CCC2=O)cc1. The van der Waals surface area contributed by atoms with E-state index in [2.05, 4.69) is 5.32 Å². The summed E-state index contributed by atoms with van der Waals surface area (Å²) in [6, 6.07) is 15.2. The van der Waals surface area contributed by atoms with Crippen molar-refractivity contribution in [3.63, 3.8) is 0 Å². The van der Waals surface area contributed by atoms with Crippen molar-refractivity contribution in [2.24, 2.45) is 0 Å². The van der Waals surface area contributed by atoms with Crippen LogP contribution in [-0.2, 0) is 32.1 Å². The van der Waals surface area contributed by atoms with E-state index in [0.29, 0.717) is 12.0 Å². The molecule has 0 saturated carbocycles. The molecule has 156 valence electrons. The van der Waals surface area contributed by atoms with Crippen LogP contribution in [-0.4, -0.2) is 41.2 Å². The molecule has 1 unspecified atom stereocenters. The first-order chi connectivity index (χ1) is 14.5. The monoisotopic (exact) mass is 408 g/mol. The Balaban J connectivity index is 1.66. The van der Waals surface area contributed by atoms with Crippen LogP contribution in [0.4, 0.5) is 0 Å². The lowest BCUT2D eigenvalue weighted by atomic mass is 10.0. The number of esters is 1. The van der Waals surface area contributed by atoms with Crippen molar-refractivity contribution in [2.75, 3.05) is 6.61 Å². The third-order valence-corrected chi connectivity index (χ3v) is 4.87. The number of nitrogens with one attached hydrogen (secondary N) is 1. The van der Waals surface area contributed by atoms with Crippen LogP contribution >= 0.6 is 0 Å². The molecule has 3 rings (SSSR count). The number of rotatable bonds is 8. The summed E-state index contributed by atoms with van der Waals surface area (Å²) in [6.45, 7) is 2.13. The van der Waals surface area contributed by atoms with E-state index < -0.39 is 17.9 Å². The molecule has 1 aliphatic rings. The van der Waals surface area contributed by atoms with E-state index in [9.17, 15) is 19.2 Å².